The first-order chi connectivity index (χ1) is 14.8. The lowest BCUT2D eigenvalue weighted by molar-refractivity contribution is -0.143. The van der Waals surface area contributed by atoms with E-state index in [9.17, 15) is 39.6 Å². The predicted molar refractivity (Wildman–Crippen MR) is 103 cm³/mol. The van der Waals surface area contributed by atoms with Gasteiger partial charge in [-0.15, -0.1) is 0 Å². The predicted octanol–water partition coefficient (Wildman–Crippen LogP) is 4.45. The van der Waals surface area contributed by atoms with Crippen LogP contribution in [-0.2, 0) is 22.4 Å². The summed E-state index contributed by atoms with van der Waals surface area (Å²) in [5.74, 6) is -1.01. The number of halogens is 6. The summed E-state index contributed by atoms with van der Waals surface area (Å²) in [6, 6.07) is 5.20. The van der Waals surface area contributed by atoms with Crippen LogP contribution in [0.3, 0.4) is 0 Å². The number of carbonyl (C=O) groups excluding carboxylic acids is 1. The summed E-state index contributed by atoms with van der Waals surface area (Å²) in [5, 5.41) is 2.13. The van der Waals surface area contributed by atoms with Crippen molar-refractivity contribution in [3.8, 4) is 0 Å². The van der Waals surface area contributed by atoms with Crippen LogP contribution in [0.25, 0.3) is 0 Å². The molecule has 0 aliphatic carbocycles. The molecule has 6 nitrogen and oxygen atoms in total. The number of hydrogen-bond acceptors (Lipinski definition) is 4. The third-order valence-corrected chi connectivity index (χ3v) is 5.76. The van der Waals surface area contributed by atoms with E-state index < -0.39 is 45.0 Å². The van der Waals surface area contributed by atoms with Crippen molar-refractivity contribution in [3.05, 3.63) is 59.2 Å². The van der Waals surface area contributed by atoms with Crippen molar-refractivity contribution in [2.45, 2.75) is 30.1 Å². The lowest BCUT2D eigenvalue weighted by atomic mass is 10.0. The number of nitrogens with zero attached hydrogens (tertiary/aromatic N) is 1. The number of hydrogen-bond donors (Lipinski definition) is 2. The summed E-state index contributed by atoms with van der Waals surface area (Å²) in [7, 11) is -4.05. The van der Waals surface area contributed by atoms with Gasteiger partial charge in [-0.2, -0.15) is 26.3 Å². The first kappa shape index (κ1) is 23.6. The molecule has 0 spiro atoms. The van der Waals surface area contributed by atoms with Gasteiger partial charge in [0, 0.05) is 24.2 Å². The van der Waals surface area contributed by atoms with Crippen molar-refractivity contribution in [1.29, 1.82) is 0 Å². The number of carbonyl (C=O) groups is 1. The van der Waals surface area contributed by atoms with Crippen LogP contribution < -0.4 is 10.0 Å². The van der Waals surface area contributed by atoms with E-state index in [0.717, 1.165) is 6.07 Å². The number of nitrogens with one attached hydrogen (secondary N) is 2. The Kier molecular flexibility index (Phi) is 6.22. The van der Waals surface area contributed by atoms with Crippen molar-refractivity contribution in [2.75, 3.05) is 11.9 Å². The number of amidine groups is 1. The molecule has 0 bridgehead atoms. The Morgan fingerprint density at radius 1 is 0.938 bits per heavy atom. The molecule has 2 aromatic rings. The van der Waals surface area contributed by atoms with Gasteiger partial charge >= 0.3 is 12.4 Å². The second kappa shape index (κ2) is 8.45. The zero-order chi connectivity index (χ0) is 23.7. The van der Waals surface area contributed by atoms with Crippen molar-refractivity contribution in [3.63, 3.8) is 0 Å². The molecular weight excluding hydrogens is 464 g/mol. The average molecular weight is 479 g/mol. The number of rotatable bonds is 4. The molecule has 0 radical (unpaired) electrons. The van der Waals surface area contributed by atoms with E-state index in [2.05, 4.69) is 15.0 Å². The minimum absolute atomic E-state index is 0.0958. The Hall–Kier alpha value is -3.09. The molecular formula is C19H15F6N3O3S. The van der Waals surface area contributed by atoms with E-state index in [-0.39, 0.29) is 34.6 Å². The highest BCUT2D eigenvalue weighted by Crippen LogP contribution is 2.36. The van der Waals surface area contributed by atoms with Gasteiger partial charge in [-0.25, -0.2) is 8.42 Å². The monoisotopic (exact) mass is 479 g/mol. The Bertz CT molecular complexity index is 1140. The highest BCUT2D eigenvalue weighted by Gasteiger charge is 2.37. The highest BCUT2D eigenvalue weighted by molar-refractivity contribution is 7.90. The maximum atomic E-state index is 13.0. The molecule has 0 saturated heterocycles. The minimum Gasteiger partial charge on any atom is -0.322 e. The van der Waals surface area contributed by atoms with Crippen LogP contribution in [0, 0.1) is 0 Å². The molecule has 3 rings (SSSR count). The van der Waals surface area contributed by atoms with Gasteiger partial charge in [0.25, 0.3) is 15.9 Å². The summed E-state index contributed by atoms with van der Waals surface area (Å²) in [6.45, 7) is 0.477. The molecule has 2 aromatic carbocycles. The smallest absolute Gasteiger partial charge is 0.322 e. The molecule has 0 saturated carbocycles. The normalized spacial score (nSPS) is 14.8. The van der Waals surface area contributed by atoms with Gasteiger partial charge in [0.1, 0.15) is 5.84 Å². The van der Waals surface area contributed by atoms with E-state index in [1.54, 1.807) is 0 Å². The maximum Gasteiger partial charge on any atom is 0.416 e. The standard InChI is InChI=1S/C19H15F6N3O3S/c20-18(21,22)12-7-11(8-13(9-12)19(23,24)25)17(29)27-14-3-1-4-15(10-14)32(30,31)28-16-5-2-6-26-16/h1,3-4,7-10H,2,5-6H2,(H,26,28)(H,27,29). The van der Waals surface area contributed by atoms with Crippen LogP contribution in [0.4, 0.5) is 32.0 Å². The summed E-state index contributed by atoms with van der Waals surface area (Å²) >= 11 is 0. The number of aliphatic imine (C=N–C) groups is 1. The first-order valence-corrected chi connectivity index (χ1v) is 10.5. The van der Waals surface area contributed by atoms with Crippen LogP contribution in [-0.4, -0.2) is 26.7 Å². The maximum absolute atomic E-state index is 13.0. The molecule has 2 N–H and O–H groups in total. The Morgan fingerprint density at radius 2 is 1.56 bits per heavy atom. The molecule has 0 unspecified atom stereocenters. The molecule has 1 amide bonds. The number of sulfonamides is 1. The quantitative estimate of drug-likeness (QED) is 0.636. The number of amides is 1. The van der Waals surface area contributed by atoms with E-state index in [1.807, 2.05) is 0 Å². The number of benzene rings is 2. The highest BCUT2D eigenvalue weighted by atomic mass is 32.2. The molecule has 1 aliphatic heterocycles. The van der Waals surface area contributed by atoms with E-state index in [1.165, 1.54) is 18.2 Å². The molecule has 13 heteroatoms. The molecule has 1 aliphatic rings. The summed E-state index contributed by atoms with van der Waals surface area (Å²) in [4.78, 5) is 16.1. The molecule has 0 aromatic heterocycles. The van der Waals surface area contributed by atoms with Crippen molar-refractivity contribution in [1.82, 2.24) is 4.72 Å². The van der Waals surface area contributed by atoms with Crippen molar-refractivity contribution in [2.24, 2.45) is 4.99 Å². The van der Waals surface area contributed by atoms with Gasteiger partial charge in [-0.05, 0) is 42.8 Å². The molecule has 0 atom stereocenters. The third kappa shape index (κ3) is 5.58. The van der Waals surface area contributed by atoms with Gasteiger partial charge < -0.3 is 5.32 Å². The summed E-state index contributed by atoms with van der Waals surface area (Å²) in [6.07, 6.45) is -9.10. The molecule has 0 fully saturated rings. The number of alkyl halides is 6. The number of anilines is 1. The molecule has 172 valence electrons. The second-order valence-electron chi connectivity index (χ2n) is 6.81. The van der Waals surface area contributed by atoms with Crippen molar-refractivity contribution >= 4 is 27.5 Å². The minimum atomic E-state index is -5.11. The van der Waals surface area contributed by atoms with E-state index >= 15 is 0 Å². The topological polar surface area (TPSA) is 87.6 Å². The average Bonchev–Trinajstić information content (AvgIpc) is 3.19. The van der Waals surface area contributed by atoms with Crippen LogP contribution in [0.1, 0.15) is 34.3 Å². The van der Waals surface area contributed by atoms with E-state index in [0.29, 0.717) is 19.4 Å². The third-order valence-electron chi connectivity index (χ3n) is 4.38. The summed E-state index contributed by atoms with van der Waals surface area (Å²) < 4.78 is 105. The van der Waals surface area contributed by atoms with Crippen LogP contribution >= 0.6 is 0 Å². The van der Waals surface area contributed by atoms with Gasteiger partial charge in [-0.1, -0.05) is 6.07 Å². The lowest BCUT2D eigenvalue weighted by Crippen LogP contribution is -2.29. The summed E-state index contributed by atoms with van der Waals surface area (Å²) in [5.41, 5.74) is -4.32. The van der Waals surface area contributed by atoms with Gasteiger partial charge in [0.05, 0.1) is 16.0 Å². The zero-order valence-corrected chi connectivity index (χ0v) is 16.8. The van der Waals surface area contributed by atoms with Gasteiger partial charge in [0.15, 0.2) is 0 Å². The fraction of sp³-hybridized carbons (Fsp3) is 0.263. The van der Waals surface area contributed by atoms with Crippen LogP contribution in [0.15, 0.2) is 52.4 Å². The fourth-order valence-corrected chi connectivity index (χ4v) is 4.00. The fourth-order valence-electron chi connectivity index (χ4n) is 2.87. The lowest BCUT2D eigenvalue weighted by Gasteiger charge is -2.14. The molecule has 32 heavy (non-hydrogen) atoms. The first-order valence-electron chi connectivity index (χ1n) is 9.03. The zero-order valence-electron chi connectivity index (χ0n) is 16.0. The van der Waals surface area contributed by atoms with Crippen LogP contribution in [0.2, 0.25) is 0 Å². The van der Waals surface area contributed by atoms with Crippen molar-refractivity contribution < 1.29 is 39.6 Å². The second-order valence-corrected chi connectivity index (χ2v) is 8.50. The van der Waals surface area contributed by atoms with E-state index in [4.69, 9.17) is 0 Å². The molecule has 1 heterocycles. The largest absolute Gasteiger partial charge is 0.416 e. The SMILES string of the molecule is O=C(Nc1cccc(S(=O)(=O)NC2=NCCC2)c1)c1cc(C(F)(F)F)cc(C(F)(F)F)c1. The van der Waals surface area contributed by atoms with Gasteiger partial charge in [0.2, 0.25) is 0 Å². The Labute approximate surface area is 178 Å². The van der Waals surface area contributed by atoms with Gasteiger partial charge in [-0.3, -0.25) is 14.5 Å². The Balaban J connectivity index is 1.88. The van der Waals surface area contributed by atoms with Crippen LogP contribution in [0.5, 0.6) is 0 Å². The Morgan fingerprint density at radius 3 is 2.09 bits per heavy atom.